The fourth-order valence-electron chi connectivity index (χ4n) is 5.30. The lowest BCUT2D eigenvalue weighted by Gasteiger charge is -2.32. The Kier molecular flexibility index (Phi) is 9.76. The van der Waals surface area contributed by atoms with Crippen molar-refractivity contribution in [2.45, 2.75) is 20.3 Å². The van der Waals surface area contributed by atoms with Crippen LogP contribution in [0.3, 0.4) is 0 Å². The lowest BCUT2D eigenvalue weighted by molar-refractivity contribution is 0.145. The Balaban J connectivity index is 1.06. The molecule has 1 fully saturated rings. The molecule has 3 aromatic heterocycles. The predicted molar refractivity (Wildman–Crippen MR) is 187 cm³/mol. The number of urea groups is 1. The van der Waals surface area contributed by atoms with Crippen molar-refractivity contribution in [2.75, 3.05) is 62.4 Å². The van der Waals surface area contributed by atoms with Crippen molar-refractivity contribution in [3.63, 3.8) is 0 Å². The third-order valence-corrected chi connectivity index (χ3v) is 8.55. The standard InChI is InChI=1S/C34H38BrN9O2/c1-23-19-30(35)32(36-20-23)40-34(45)38-26-7-9-27(10-8-26)41-44-22-24(2)29-21-37-31(39-33(29)44)25-5-11-28(12-6-25)46-18-4-13-43-16-14-42(3)15-17-43/h5-12,19-22,41H,4,13-18H2,1-3H3,(H2,36,38,40,45). The van der Waals surface area contributed by atoms with Gasteiger partial charge in [-0.05, 0) is 109 Å². The molecular formula is C34H38BrN9O2. The molecule has 0 atom stereocenters. The molecular weight excluding hydrogens is 646 g/mol. The molecule has 2 aromatic carbocycles. The second-order valence-electron chi connectivity index (χ2n) is 11.6. The highest BCUT2D eigenvalue weighted by Crippen LogP contribution is 2.25. The molecule has 46 heavy (non-hydrogen) atoms. The molecule has 0 bridgehead atoms. The van der Waals surface area contributed by atoms with Crippen molar-refractivity contribution in [1.82, 2.24) is 29.4 Å². The number of piperazine rings is 1. The number of aryl methyl sites for hydroxylation is 2. The Labute approximate surface area is 277 Å². The SMILES string of the molecule is Cc1cnc(NC(=O)Nc2ccc(Nn3cc(C)c4cnc(-c5ccc(OCCCN6CCN(C)CC6)cc5)nc43)cc2)c(Br)c1. The van der Waals surface area contributed by atoms with Crippen LogP contribution in [0.5, 0.6) is 5.75 Å². The molecule has 0 saturated carbocycles. The Morgan fingerprint density at radius 3 is 2.41 bits per heavy atom. The average Bonchev–Trinajstić information content (AvgIpc) is 3.36. The van der Waals surface area contributed by atoms with Crippen LogP contribution >= 0.6 is 15.9 Å². The summed E-state index contributed by atoms with van der Waals surface area (Å²) < 4.78 is 8.62. The van der Waals surface area contributed by atoms with Crippen LogP contribution < -0.4 is 20.8 Å². The molecule has 238 valence electrons. The molecule has 1 aliphatic heterocycles. The van der Waals surface area contributed by atoms with Crippen LogP contribution in [0.15, 0.2) is 77.7 Å². The van der Waals surface area contributed by atoms with Crippen LogP contribution in [-0.4, -0.2) is 81.8 Å². The van der Waals surface area contributed by atoms with E-state index in [9.17, 15) is 4.79 Å². The smallest absolute Gasteiger partial charge is 0.324 e. The number of hydrogen-bond acceptors (Lipinski definition) is 8. The number of hydrogen-bond donors (Lipinski definition) is 3. The highest BCUT2D eigenvalue weighted by Gasteiger charge is 2.14. The van der Waals surface area contributed by atoms with Gasteiger partial charge in [-0.2, -0.15) is 0 Å². The van der Waals surface area contributed by atoms with Crippen molar-refractivity contribution in [3.05, 3.63) is 88.8 Å². The number of anilines is 3. The first-order valence-electron chi connectivity index (χ1n) is 15.4. The zero-order chi connectivity index (χ0) is 32.0. The van der Waals surface area contributed by atoms with Crippen molar-refractivity contribution in [2.24, 2.45) is 0 Å². The molecule has 3 N–H and O–H groups in total. The van der Waals surface area contributed by atoms with Gasteiger partial charge in [0.05, 0.1) is 16.8 Å². The number of benzene rings is 2. The molecule has 0 radical (unpaired) electrons. The fraction of sp³-hybridized carbons (Fsp3) is 0.294. The summed E-state index contributed by atoms with van der Waals surface area (Å²) in [4.78, 5) is 31.2. The number of fused-ring (bicyclic) bond motifs is 1. The summed E-state index contributed by atoms with van der Waals surface area (Å²) in [6.45, 7) is 10.3. The van der Waals surface area contributed by atoms with E-state index in [-0.39, 0.29) is 6.03 Å². The number of nitrogens with zero attached hydrogens (tertiary/aromatic N) is 6. The maximum atomic E-state index is 12.5. The quantitative estimate of drug-likeness (QED) is 0.145. The number of ether oxygens (including phenoxy) is 1. The number of pyridine rings is 1. The van der Waals surface area contributed by atoms with Gasteiger partial charge in [-0.1, -0.05) is 0 Å². The monoisotopic (exact) mass is 683 g/mol. The maximum Gasteiger partial charge on any atom is 0.324 e. The van der Waals surface area contributed by atoms with Crippen LogP contribution in [0.4, 0.5) is 22.0 Å². The molecule has 1 aliphatic rings. The van der Waals surface area contributed by atoms with Crippen LogP contribution in [0.1, 0.15) is 17.5 Å². The number of likely N-dealkylation sites (N-methyl/N-ethyl adjacent to an activating group) is 1. The molecule has 5 aromatic rings. The minimum atomic E-state index is -0.380. The van der Waals surface area contributed by atoms with E-state index in [4.69, 9.17) is 9.72 Å². The number of rotatable bonds is 10. The van der Waals surface area contributed by atoms with Crippen LogP contribution in [0.25, 0.3) is 22.4 Å². The molecule has 0 unspecified atom stereocenters. The molecule has 2 amide bonds. The molecule has 0 aliphatic carbocycles. The largest absolute Gasteiger partial charge is 0.494 e. The van der Waals surface area contributed by atoms with E-state index in [1.54, 1.807) is 6.20 Å². The minimum Gasteiger partial charge on any atom is -0.494 e. The molecule has 4 heterocycles. The number of carbonyl (C=O) groups excluding carboxylic acids is 1. The Hall–Kier alpha value is -4.52. The third kappa shape index (κ3) is 7.82. The number of carbonyl (C=O) groups is 1. The van der Waals surface area contributed by atoms with Gasteiger partial charge in [-0.15, -0.1) is 0 Å². The average molecular weight is 685 g/mol. The minimum absolute atomic E-state index is 0.380. The van der Waals surface area contributed by atoms with E-state index < -0.39 is 0 Å². The third-order valence-electron chi connectivity index (χ3n) is 7.94. The van der Waals surface area contributed by atoms with Crippen LogP contribution in [0.2, 0.25) is 0 Å². The number of aromatic nitrogens is 4. The van der Waals surface area contributed by atoms with E-state index >= 15 is 0 Å². The lowest BCUT2D eigenvalue weighted by Crippen LogP contribution is -2.44. The molecule has 11 nitrogen and oxygen atoms in total. The summed E-state index contributed by atoms with van der Waals surface area (Å²) in [5, 5.41) is 6.55. The molecule has 12 heteroatoms. The van der Waals surface area contributed by atoms with Gasteiger partial charge in [-0.3, -0.25) is 10.7 Å². The van der Waals surface area contributed by atoms with E-state index in [0.717, 1.165) is 82.8 Å². The van der Waals surface area contributed by atoms with Crippen molar-refractivity contribution in [3.8, 4) is 17.1 Å². The summed E-state index contributed by atoms with van der Waals surface area (Å²) in [5.74, 6) is 1.93. The highest BCUT2D eigenvalue weighted by molar-refractivity contribution is 9.10. The zero-order valence-electron chi connectivity index (χ0n) is 26.3. The van der Waals surface area contributed by atoms with Crippen LogP contribution in [-0.2, 0) is 0 Å². The second-order valence-corrected chi connectivity index (χ2v) is 12.5. The van der Waals surface area contributed by atoms with Gasteiger partial charge in [0, 0.05) is 68.0 Å². The van der Waals surface area contributed by atoms with Gasteiger partial charge in [0.25, 0.3) is 0 Å². The number of amides is 2. The summed E-state index contributed by atoms with van der Waals surface area (Å²) in [7, 11) is 2.18. The second kappa shape index (κ2) is 14.3. The van der Waals surface area contributed by atoms with Gasteiger partial charge in [0.15, 0.2) is 11.5 Å². The van der Waals surface area contributed by atoms with Crippen molar-refractivity contribution in [1.29, 1.82) is 0 Å². The summed E-state index contributed by atoms with van der Waals surface area (Å²) in [5.41, 5.74) is 8.61. The zero-order valence-corrected chi connectivity index (χ0v) is 27.8. The topological polar surface area (TPSA) is 112 Å². The van der Waals surface area contributed by atoms with E-state index in [2.05, 4.69) is 58.8 Å². The normalized spacial score (nSPS) is 13.9. The van der Waals surface area contributed by atoms with Gasteiger partial charge in [0.1, 0.15) is 11.6 Å². The number of halogens is 1. The summed E-state index contributed by atoms with van der Waals surface area (Å²) in [6.07, 6.45) is 6.56. The Morgan fingerprint density at radius 2 is 1.67 bits per heavy atom. The molecule has 6 rings (SSSR count). The highest BCUT2D eigenvalue weighted by atomic mass is 79.9. The first-order valence-corrected chi connectivity index (χ1v) is 16.2. The van der Waals surface area contributed by atoms with E-state index in [0.29, 0.717) is 23.9 Å². The van der Waals surface area contributed by atoms with Gasteiger partial charge >= 0.3 is 6.03 Å². The van der Waals surface area contributed by atoms with E-state index in [1.165, 1.54) is 0 Å². The first kappa shape index (κ1) is 31.5. The molecule has 0 spiro atoms. The Bertz CT molecular complexity index is 1800. The summed E-state index contributed by atoms with van der Waals surface area (Å²) >= 11 is 3.43. The van der Waals surface area contributed by atoms with E-state index in [1.807, 2.05) is 85.5 Å². The van der Waals surface area contributed by atoms with Gasteiger partial charge in [-0.25, -0.2) is 24.4 Å². The number of nitrogens with one attached hydrogen (secondary N) is 3. The van der Waals surface area contributed by atoms with Crippen molar-refractivity contribution >= 4 is 50.2 Å². The summed E-state index contributed by atoms with van der Waals surface area (Å²) in [6, 6.07) is 16.9. The van der Waals surface area contributed by atoms with Crippen LogP contribution in [0, 0.1) is 13.8 Å². The Morgan fingerprint density at radius 1 is 0.935 bits per heavy atom. The van der Waals surface area contributed by atoms with Gasteiger partial charge in [0.2, 0.25) is 0 Å². The fourth-order valence-corrected chi connectivity index (χ4v) is 5.86. The maximum absolute atomic E-state index is 12.5. The predicted octanol–water partition coefficient (Wildman–Crippen LogP) is 6.41. The molecule has 1 saturated heterocycles. The van der Waals surface area contributed by atoms with Crippen molar-refractivity contribution < 1.29 is 9.53 Å². The lowest BCUT2D eigenvalue weighted by atomic mass is 10.2. The van der Waals surface area contributed by atoms with Gasteiger partial charge < -0.3 is 19.9 Å². The first-order chi connectivity index (χ1) is 22.3.